The van der Waals surface area contributed by atoms with Crippen molar-refractivity contribution in [2.75, 3.05) is 13.3 Å². The normalized spacial score (nSPS) is 13.1. The molecule has 0 aliphatic heterocycles. The molecule has 94 valence electrons. The molecule has 17 heavy (non-hydrogen) atoms. The van der Waals surface area contributed by atoms with Crippen LogP contribution in [0.25, 0.3) is 0 Å². The van der Waals surface area contributed by atoms with E-state index in [-0.39, 0.29) is 0 Å². The predicted molar refractivity (Wildman–Crippen MR) is 64.2 cm³/mol. The molecule has 1 atom stereocenters. The van der Waals surface area contributed by atoms with E-state index >= 15 is 0 Å². The van der Waals surface area contributed by atoms with Crippen molar-refractivity contribution in [3.8, 4) is 0 Å². The first-order chi connectivity index (χ1) is 7.83. The summed E-state index contributed by atoms with van der Waals surface area (Å²) in [5.74, 6) is -0.544. The number of carbonyl (C=O) groups is 1. The number of halogens is 1. The highest BCUT2D eigenvalue weighted by Crippen LogP contribution is 2.21. The van der Waals surface area contributed by atoms with Crippen LogP contribution in [0.2, 0.25) is 5.02 Å². The maximum Gasteiger partial charge on any atom is 0.265 e. The standard InChI is InChI=1S/C10H12ClNO4S/c1-12-10(13)9(16-17(2,14)15)7-3-5-8(11)6-4-7/h3-6,9H,1-2H3,(H,12,13). The van der Waals surface area contributed by atoms with Gasteiger partial charge in [-0.25, -0.2) is 0 Å². The Bertz CT molecular complexity index is 498. The van der Waals surface area contributed by atoms with E-state index in [9.17, 15) is 13.2 Å². The molecule has 0 spiro atoms. The number of benzene rings is 1. The molecule has 0 aliphatic rings. The Labute approximate surface area is 105 Å². The van der Waals surface area contributed by atoms with E-state index in [4.69, 9.17) is 15.8 Å². The van der Waals surface area contributed by atoms with E-state index in [1.807, 2.05) is 0 Å². The largest absolute Gasteiger partial charge is 0.357 e. The van der Waals surface area contributed by atoms with E-state index in [1.54, 1.807) is 12.1 Å². The van der Waals surface area contributed by atoms with Crippen LogP contribution in [-0.2, 0) is 19.1 Å². The SMILES string of the molecule is CNC(=O)C(OS(C)(=O)=O)c1ccc(Cl)cc1. The molecule has 1 N–H and O–H groups in total. The van der Waals surface area contributed by atoms with Crippen LogP contribution in [0.3, 0.4) is 0 Å². The fraction of sp³-hybridized carbons (Fsp3) is 0.300. The Kier molecular flexibility index (Phi) is 4.50. The second-order valence-corrected chi connectivity index (χ2v) is 5.38. The average Bonchev–Trinajstić information content (AvgIpc) is 2.25. The number of hydrogen-bond acceptors (Lipinski definition) is 4. The molecular weight excluding hydrogens is 266 g/mol. The van der Waals surface area contributed by atoms with Gasteiger partial charge < -0.3 is 5.32 Å². The number of carbonyl (C=O) groups excluding carboxylic acids is 1. The van der Waals surface area contributed by atoms with Gasteiger partial charge in [-0.1, -0.05) is 23.7 Å². The van der Waals surface area contributed by atoms with Gasteiger partial charge in [-0.2, -0.15) is 8.42 Å². The van der Waals surface area contributed by atoms with Crippen molar-refractivity contribution in [2.45, 2.75) is 6.10 Å². The molecule has 5 nitrogen and oxygen atoms in total. The van der Waals surface area contributed by atoms with Crippen LogP contribution in [0.1, 0.15) is 11.7 Å². The minimum absolute atomic E-state index is 0.416. The van der Waals surface area contributed by atoms with Gasteiger partial charge in [0.1, 0.15) is 0 Å². The number of amides is 1. The highest BCUT2D eigenvalue weighted by atomic mass is 35.5. The maximum atomic E-state index is 11.5. The first-order valence-corrected chi connectivity index (χ1v) is 6.88. The van der Waals surface area contributed by atoms with Gasteiger partial charge >= 0.3 is 0 Å². The van der Waals surface area contributed by atoms with Gasteiger partial charge in [-0.05, 0) is 17.7 Å². The Hall–Kier alpha value is -1.11. The summed E-state index contributed by atoms with van der Waals surface area (Å²) in [5, 5.41) is 2.83. The Morgan fingerprint density at radius 3 is 2.29 bits per heavy atom. The van der Waals surface area contributed by atoms with Gasteiger partial charge in [0.2, 0.25) is 0 Å². The van der Waals surface area contributed by atoms with E-state index in [1.165, 1.54) is 19.2 Å². The Balaban J connectivity index is 3.06. The fourth-order valence-corrected chi connectivity index (χ4v) is 1.87. The van der Waals surface area contributed by atoms with E-state index in [0.29, 0.717) is 10.6 Å². The van der Waals surface area contributed by atoms with Crippen molar-refractivity contribution in [1.82, 2.24) is 5.32 Å². The summed E-state index contributed by atoms with van der Waals surface area (Å²) in [6.45, 7) is 0. The van der Waals surface area contributed by atoms with E-state index < -0.39 is 22.1 Å². The lowest BCUT2D eigenvalue weighted by molar-refractivity contribution is -0.127. The van der Waals surface area contributed by atoms with Crippen LogP contribution in [0, 0.1) is 0 Å². The van der Waals surface area contributed by atoms with Crippen molar-refractivity contribution >= 4 is 27.6 Å². The number of nitrogens with one attached hydrogen (secondary N) is 1. The predicted octanol–water partition coefficient (Wildman–Crippen LogP) is 1.10. The topological polar surface area (TPSA) is 72.5 Å². The quantitative estimate of drug-likeness (QED) is 0.837. The third-order valence-electron chi connectivity index (χ3n) is 1.93. The summed E-state index contributed by atoms with van der Waals surface area (Å²) in [7, 11) is -2.33. The summed E-state index contributed by atoms with van der Waals surface area (Å²) in [5.41, 5.74) is 0.416. The molecule has 0 radical (unpaired) electrons. The second-order valence-electron chi connectivity index (χ2n) is 3.35. The van der Waals surface area contributed by atoms with Gasteiger partial charge in [0.15, 0.2) is 6.10 Å². The molecule has 1 amide bonds. The zero-order chi connectivity index (χ0) is 13.1. The molecule has 1 rings (SSSR count). The van der Waals surface area contributed by atoms with Crippen LogP contribution < -0.4 is 5.32 Å². The van der Waals surface area contributed by atoms with Crippen molar-refractivity contribution in [2.24, 2.45) is 0 Å². The van der Waals surface area contributed by atoms with Crippen LogP contribution in [0.5, 0.6) is 0 Å². The molecular formula is C10H12ClNO4S. The van der Waals surface area contributed by atoms with Crippen LogP contribution in [0.15, 0.2) is 24.3 Å². The van der Waals surface area contributed by atoms with Gasteiger partial charge in [-0.3, -0.25) is 8.98 Å². The fourth-order valence-electron chi connectivity index (χ4n) is 1.19. The lowest BCUT2D eigenvalue weighted by atomic mass is 10.1. The molecule has 7 heteroatoms. The molecule has 1 aromatic rings. The van der Waals surface area contributed by atoms with Crippen LogP contribution in [0.4, 0.5) is 0 Å². The van der Waals surface area contributed by atoms with Crippen LogP contribution >= 0.6 is 11.6 Å². The summed E-state index contributed by atoms with van der Waals surface area (Å²) in [6, 6.07) is 6.18. The van der Waals surface area contributed by atoms with Crippen molar-refractivity contribution in [3.63, 3.8) is 0 Å². The third-order valence-corrected chi connectivity index (χ3v) is 2.72. The van der Waals surface area contributed by atoms with Gasteiger partial charge in [-0.15, -0.1) is 0 Å². The lowest BCUT2D eigenvalue weighted by Crippen LogP contribution is -2.29. The molecule has 0 saturated carbocycles. The summed E-state index contributed by atoms with van der Waals surface area (Å²) in [4.78, 5) is 11.5. The van der Waals surface area contributed by atoms with Crippen molar-refractivity contribution in [1.29, 1.82) is 0 Å². The average molecular weight is 278 g/mol. The minimum Gasteiger partial charge on any atom is -0.357 e. The second kappa shape index (κ2) is 5.48. The minimum atomic E-state index is -3.73. The highest BCUT2D eigenvalue weighted by Gasteiger charge is 2.24. The zero-order valence-corrected chi connectivity index (χ0v) is 10.9. The number of likely N-dealkylation sites (N-methyl/N-ethyl adjacent to an activating group) is 1. The van der Waals surface area contributed by atoms with Crippen molar-refractivity contribution in [3.05, 3.63) is 34.9 Å². The Morgan fingerprint density at radius 1 is 1.35 bits per heavy atom. The highest BCUT2D eigenvalue weighted by molar-refractivity contribution is 7.86. The first-order valence-electron chi connectivity index (χ1n) is 4.69. The monoisotopic (exact) mass is 277 g/mol. The third kappa shape index (κ3) is 4.33. The maximum absolute atomic E-state index is 11.5. The van der Waals surface area contributed by atoms with E-state index in [2.05, 4.69) is 5.32 Å². The number of rotatable bonds is 4. The van der Waals surface area contributed by atoms with Gasteiger partial charge in [0.05, 0.1) is 6.26 Å². The number of hydrogen-bond donors (Lipinski definition) is 1. The summed E-state index contributed by atoms with van der Waals surface area (Å²) >= 11 is 5.70. The molecule has 0 heterocycles. The van der Waals surface area contributed by atoms with Crippen LogP contribution in [-0.4, -0.2) is 27.6 Å². The summed E-state index contributed by atoms with van der Waals surface area (Å²) in [6.07, 6.45) is -0.314. The smallest absolute Gasteiger partial charge is 0.265 e. The molecule has 0 bridgehead atoms. The molecule has 0 saturated heterocycles. The zero-order valence-electron chi connectivity index (χ0n) is 9.31. The molecule has 1 aromatic carbocycles. The Morgan fingerprint density at radius 2 is 1.88 bits per heavy atom. The first kappa shape index (κ1) is 14.0. The summed E-state index contributed by atoms with van der Waals surface area (Å²) < 4.78 is 26.9. The molecule has 1 unspecified atom stereocenters. The lowest BCUT2D eigenvalue weighted by Gasteiger charge is -2.15. The molecule has 0 aliphatic carbocycles. The molecule has 0 fully saturated rings. The van der Waals surface area contributed by atoms with Gasteiger partial charge in [0, 0.05) is 12.1 Å². The van der Waals surface area contributed by atoms with E-state index in [0.717, 1.165) is 6.26 Å². The van der Waals surface area contributed by atoms with Gasteiger partial charge in [0.25, 0.3) is 16.0 Å². The van der Waals surface area contributed by atoms with Crippen molar-refractivity contribution < 1.29 is 17.4 Å². The molecule has 0 aromatic heterocycles.